The number of aromatic hydroxyl groups is 3. The molecule has 0 aliphatic heterocycles. The molecule has 3 nitrogen and oxygen atoms in total. The lowest BCUT2D eigenvalue weighted by Crippen LogP contribution is -2.61. The molecule has 0 aromatic heterocycles. The van der Waals surface area contributed by atoms with E-state index in [-0.39, 0.29) is 48.7 Å². The quantitative estimate of drug-likeness (QED) is 0.232. The molecular weight excluding hydrogens is 733 g/mol. The van der Waals surface area contributed by atoms with Gasteiger partial charge in [0.2, 0.25) is 0 Å². The van der Waals surface area contributed by atoms with E-state index in [4.69, 9.17) is 0 Å². The minimum Gasteiger partial charge on any atom is -0.507 e. The van der Waals surface area contributed by atoms with Crippen LogP contribution in [-0.2, 0) is 51.8 Å². The number of rotatable bonds is 6. The monoisotopic (exact) mass is 823 g/mol. The summed E-state index contributed by atoms with van der Waals surface area (Å²) in [5.74, 6) is 2.25. The zero-order valence-electron chi connectivity index (χ0n) is 43.2. The van der Waals surface area contributed by atoms with Crippen molar-refractivity contribution in [2.24, 2.45) is 34.0 Å². The fraction of sp³-hybridized carbons (Fsp3) is 0.684. The Morgan fingerprint density at radius 3 is 0.583 bits per heavy atom. The molecule has 4 rings (SSSR count). The summed E-state index contributed by atoms with van der Waals surface area (Å²) in [5.41, 5.74) is 8.30. The number of hydrogen-bond donors (Lipinski definition) is 3. The Labute approximate surface area is 369 Å². The Morgan fingerprint density at radius 1 is 0.333 bits per heavy atom. The Hall–Kier alpha value is -2.94. The molecule has 0 spiro atoms. The smallest absolute Gasteiger partial charge is 0.123 e. The van der Waals surface area contributed by atoms with Crippen molar-refractivity contribution in [3.05, 3.63) is 86.5 Å². The normalized spacial score (nSPS) is 26.1. The summed E-state index contributed by atoms with van der Waals surface area (Å²) in [4.78, 5) is 0. The zero-order chi connectivity index (χ0) is 46.5. The first-order valence-corrected chi connectivity index (χ1v) is 23.2. The summed E-state index contributed by atoms with van der Waals surface area (Å²) in [6.07, 6.45) is 2.68. The molecule has 336 valence electrons. The predicted molar refractivity (Wildman–Crippen MR) is 259 cm³/mol. The van der Waals surface area contributed by atoms with E-state index in [0.717, 1.165) is 52.6 Å². The molecule has 3 N–H and O–H groups in total. The van der Waals surface area contributed by atoms with E-state index >= 15 is 0 Å². The van der Waals surface area contributed by atoms with Crippen molar-refractivity contribution >= 4 is 0 Å². The SMILES string of the molecule is CC1C(C)(Cc2cc(C(C)(C)C)c(O)c(C(C)(C)C)c2)C(C)C(C)(Cc2cc(C(C)(C)C)c(O)c(C(C)(C)C)c2)C(C)C1(C)Cc1cc(C(C)(C)C)c(O)c(C(C)(C)C)c1. The van der Waals surface area contributed by atoms with Gasteiger partial charge < -0.3 is 15.3 Å². The minimum absolute atomic E-state index is 0.134. The Morgan fingerprint density at radius 2 is 0.467 bits per heavy atom. The molecule has 0 radical (unpaired) electrons. The van der Waals surface area contributed by atoms with Crippen LogP contribution in [0.15, 0.2) is 36.4 Å². The summed E-state index contributed by atoms with van der Waals surface area (Å²) in [6, 6.07) is 13.9. The molecule has 3 heteroatoms. The van der Waals surface area contributed by atoms with Gasteiger partial charge in [-0.05, 0) is 136 Å². The maximum Gasteiger partial charge on any atom is 0.123 e. The third-order valence-corrected chi connectivity index (χ3v) is 16.0. The highest BCUT2D eigenvalue weighted by Crippen LogP contribution is 2.67. The van der Waals surface area contributed by atoms with Gasteiger partial charge in [-0.1, -0.05) is 203 Å². The van der Waals surface area contributed by atoms with E-state index in [0.29, 0.717) is 35.0 Å². The van der Waals surface area contributed by atoms with Crippen LogP contribution < -0.4 is 0 Å². The lowest BCUT2D eigenvalue weighted by atomic mass is 9.38. The first kappa shape index (κ1) is 49.7. The predicted octanol–water partition coefficient (Wildman–Crippen LogP) is 15.6. The van der Waals surface area contributed by atoms with E-state index in [9.17, 15) is 15.3 Å². The number of phenols is 3. The summed E-state index contributed by atoms with van der Waals surface area (Å²) < 4.78 is 0. The van der Waals surface area contributed by atoms with Gasteiger partial charge in [0, 0.05) is 0 Å². The maximum atomic E-state index is 11.8. The average molecular weight is 823 g/mol. The maximum absolute atomic E-state index is 11.8. The fourth-order valence-corrected chi connectivity index (χ4v) is 11.4. The van der Waals surface area contributed by atoms with Gasteiger partial charge in [0.15, 0.2) is 0 Å². The highest BCUT2D eigenvalue weighted by molar-refractivity contribution is 5.53. The standard InChI is InChI=1S/C57H90O3/c1-34-55(22,31-37-25-40(49(4,5)6)46(58)41(26-37)50(7,8)9)35(2)57(24,33-39-29-44(53(16,17)18)48(60)45(30-39)54(19,20)21)36(3)56(34,23)32-38-27-42(51(10,11)12)47(59)43(28-38)52(13,14)15/h25-30,34-36,58-60H,31-33H2,1-24H3. The van der Waals surface area contributed by atoms with Crippen LogP contribution in [0.2, 0.25) is 0 Å². The first-order chi connectivity index (χ1) is 26.6. The van der Waals surface area contributed by atoms with E-state index in [2.05, 4.69) is 203 Å². The van der Waals surface area contributed by atoms with Gasteiger partial charge in [-0.3, -0.25) is 0 Å². The molecule has 3 aromatic rings. The molecule has 1 aliphatic rings. The highest BCUT2D eigenvalue weighted by atomic mass is 16.3. The Balaban J connectivity index is 2.08. The second-order valence-electron chi connectivity index (χ2n) is 26.8. The van der Waals surface area contributed by atoms with Crippen LogP contribution in [0.4, 0.5) is 0 Å². The molecule has 0 bridgehead atoms. The van der Waals surface area contributed by atoms with Crippen LogP contribution in [-0.4, -0.2) is 15.3 Å². The zero-order valence-corrected chi connectivity index (χ0v) is 43.2. The molecule has 3 aromatic carbocycles. The lowest BCUT2D eigenvalue weighted by molar-refractivity contribution is -0.164. The minimum atomic E-state index is -0.217. The fourth-order valence-electron chi connectivity index (χ4n) is 11.4. The van der Waals surface area contributed by atoms with Crippen LogP contribution in [0, 0.1) is 34.0 Å². The van der Waals surface area contributed by atoms with Gasteiger partial charge in [-0.25, -0.2) is 0 Å². The Bertz CT molecular complexity index is 1700. The number of benzene rings is 3. The largest absolute Gasteiger partial charge is 0.507 e. The second kappa shape index (κ2) is 15.4. The van der Waals surface area contributed by atoms with Crippen LogP contribution in [0.5, 0.6) is 17.2 Å². The molecule has 0 atom stereocenters. The molecule has 0 amide bonds. The van der Waals surface area contributed by atoms with Crippen molar-refractivity contribution < 1.29 is 15.3 Å². The molecule has 0 saturated heterocycles. The van der Waals surface area contributed by atoms with E-state index in [1.807, 2.05) is 0 Å². The second-order valence-corrected chi connectivity index (χ2v) is 26.8. The van der Waals surface area contributed by atoms with Crippen LogP contribution in [0.25, 0.3) is 0 Å². The lowest BCUT2D eigenvalue weighted by Gasteiger charge is -2.66. The van der Waals surface area contributed by atoms with Crippen molar-refractivity contribution in [2.45, 2.75) is 218 Å². The number of phenolic OH excluding ortho intramolecular Hbond substituents is 3. The number of hydrogen-bond acceptors (Lipinski definition) is 3. The summed E-state index contributed by atoms with van der Waals surface area (Å²) >= 11 is 0. The highest BCUT2D eigenvalue weighted by Gasteiger charge is 2.62. The van der Waals surface area contributed by atoms with Crippen molar-refractivity contribution in [1.29, 1.82) is 0 Å². The summed E-state index contributed by atoms with van der Waals surface area (Å²) in [6.45, 7) is 55.2. The van der Waals surface area contributed by atoms with Gasteiger partial charge >= 0.3 is 0 Å². The van der Waals surface area contributed by atoms with Crippen molar-refractivity contribution in [3.8, 4) is 17.2 Å². The Kier molecular flexibility index (Phi) is 12.8. The summed E-state index contributed by atoms with van der Waals surface area (Å²) in [5, 5.41) is 35.4. The molecule has 1 fully saturated rings. The average Bonchev–Trinajstić information content (AvgIpc) is 3.05. The molecule has 0 unspecified atom stereocenters. The molecular formula is C57H90O3. The van der Waals surface area contributed by atoms with E-state index in [1.165, 1.54) is 16.7 Å². The van der Waals surface area contributed by atoms with Gasteiger partial charge in [0.05, 0.1) is 0 Å². The van der Waals surface area contributed by atoms with Crippen molar-refractivity contribution in [1.82, 2.24) is 0 Å². The van der Waals surface area contributed by atoms with Crippen LogP contribution in [0.1, 0.15) is 216 Å². The molecule has 60 heavy (non-hydrogen) atoms. The third-order valence-electron chi connectivity index (χ3n) is 16.0. The van der Waals surface area contributed by atoms with Gasteiger partial charge in [0.25, 0.3) is 0 Å². The van der Waals surface area contributed by atoms with E-state index < -0.39 is 0 Å². The van der Waals surface area contributed by atoms with Crippen molar-refractivity contribution in [2.75, 3.05) is 0 Å². The summed E-state index contributed by atoms with van der Waals surface area (Å²) in [7, 11) is 0. The van der Waals surface area contributed by atoms with Gasteiger partial charge in [-0.15, -0.1) is 0 Å². The molecule has 1 saturated carbocycles. The van der Waals surface area contributed by atoms with Crippen molar-refractivity contribution in [3.63, 3.8) is 0 Å². The topological polar surface area (TPSA) is 60.7 Å². The van der Waals surface area contributed by atoms with E-state index in [1.54, 1.807) is 0 Å². The van der Waals surface area contributed by atoms with Crippen LogP contribution in [0.3, 0.4) is 0 Å². The third kappa shape index (κ3) is 9.23. The molecule has 1 aliphatic carbocycles. The van der Waals surface area contributed by atoms with Crippen LogP contribution >= 0.6 is 0 Å². The molecule has 0 heterocycles. The van der Waals surface area contributed by atoms with Gasteiger partial charge in [0.1, 0.15) is 17.2 Å². The van der Waals surface area contributed by atoms with Gasteiger partial charge in [-0.2, -0.15) is 0 Å². The first-order valence-electron chi connectivity index (χ1n) is 23.2.